The van der Waals surface area contributed by atoms with Crippen molar-refractivity contribution in [1.82, 2.24) is 5.32 Å². The maximum atomic E-state index is 12.1. The van der Waals surface area contributed by atoms with Crippen LogP contribution in [0.5, 0.6) is 0 Å². The zero-order chi connectivity index (χ0) is 13.8. The van der Waals surface area contributed by atoms with E-state index in [2.05, 4.69) is 5.32 Å². The molecule has 0 bridgehead atoms. The van der Waals surface area contributed by atoms with E-state index >= 15 is 0 Å². The lowest BCUT2D eigenvalue weighted by Gasteiger charge is -2.12. The zero-order valence-electron chi connectivity index (χ0n) is 11.0. The summed E-state index contributed by atoms with van der Waals surface area (Å²) >= 11 is 1.53. The number of aryl methyl sites for hydroxylation is 2. The molecule has 0 aliphatic carbocycles. The van der Waals surface area contributed by atoms with E-state index in [9.17, 15) is 9.90 Å². The Morgan fingerprint density at radius 3 is 2.84 bits per heavy atom. The molecule has 2 aromatic rings. The molecule has 0 fully saturated rings. The summed E-state index contributed by atoms with van der Waals surface area (Å²) < 4.78 is 0. The van der Waals surface area contributed by atoms with Crippen LogP contribution in [0, 0.1) is 13.8 Å². The first-order chi connectivity index (χ1) is 9.08. The molecule has 1 atom stereocenters. The van der Waals surface area contributed by atoms with E-state index in [4.69, 9.17) is 0 Å². The van der Waals surface area contributed by atoms with Crippen molar-refractivity contribution in [1.29, 1.82) is 0 Å². The standard InChI is InChI=1S/C15H17NO2S/c1-10-3-4-11(2)13(7-10)15(18)16-8-14(17)12-5-6-19-9-12/h3-7,9,14,17H,8H2,1-2H3,(H,16,18)/t14-/m0/s1. The molecule has 1 aromatic carbocycles. The topological polar surface area (TPSA) is 49.3 Å². The van der Waals surface area contributed by atoms with Gasteiger partial charge in [0.1, 0.15) is 0 Å². The molecule has 0 spiro atoms. The van der Waals surface area contributed by atoms with Crippen LogP contribution in [-0.2, 0) is 0 Å². The number of thiophene rings is 1. The lowest BCUT2D eigenvalue weighted by molar-refractivity contribution is 0.0916. The second-order valence-electron chi connectivity index (χ2n) is 4.60. The van der Waals surface area contributed by atoms with E-state index in [1.54, 1.807) is 0 Å². The molecule has 0 radical (unpaired) electrons. The number of aliphatic hydroxyl groups excluding tert-OH is 1. The fourth-order valence-corrected chi connectivity index (χ4v) is 2.55. The molecule has 1 amide bonds. The van der Waals surface area contributed by atoms with Gasteiger partial charge < -0.3 is 10.4 Å². The van der Waals surface area contributed by atoms with Crippen molar-refractivity contribution in [2.75, 3.05) is 6.54 Å². The average molecular weight is 275 g/mol. The smallest absolute Gasteiger partial charge is 0.251 e. The highest BCUT2D eigenvalue weighted by atomic mass is 32.1. The van der Waals surface area contributed by atoms with E-state index in [1.807, 2.05) is 48.9 Å². The number of rotatable bonds is 4. The third-order valence-electron chi connectivity index (χ3n) is 3.02. The van der Waals surface area contributed by atoms with Crippen molar-refractivity contribution in [3.8, 4) is 0 Å². The first-order valence-electron chi connectivity index (χ1n) is 6.13. The number of carbonyl (C=O) groups excluding carboxylic acids is 1. The highest BCUT2D eigenvalue weighted by Crippen LogP contribution is 2.16. The number of benzene rings is 1. The van der Waals surface area contributed by atoms with Crippen LogP contribution in [0.1, 0.15) is 33.2 Å². The monoisotopic (exact) mass is 275 g/mol. The minimum absolute atomic E-state index is 0.143. The molecule has 100 valence electrons. The number of hydrogen-bond acceptors (Lipinski definition) is 3. The summed E-state index contributed by atoms with van der Waals surface area (Å²) in [6.07, 6.45) is -0.652. The summed E-state index contributed by atoms with van der Waals surface area (Å²) in [6, 6.07) is 7.63. The zero-order valence-corrected chi connectivity index (χ0v) is 11.8. The van der Waals surface area contributed by atoms with Crippen molar-refractivity contribution >= 4 is 17.2 Å². The third kappa shape index (κ3) is 3.43. The Hall–Kier alpha value is -1.65. The van der Waals surface area contributed by atoms with Crippen LogP contribution in [0.4, 0.5) is 0 Å². The number of hydrogen-bond donors (Lipinski definition) is 2. The SMILES string of the molecule is Cc1ccc(C)c(C(=O)NC[C@H](O)c2ccsc2)c1. The van der Waals surface area contributed by atoms with Crippen molar-refractivity contribution < 1.29 is 9.90 Å². The molecule has 2 N–H and O–H groups in total. The van der Waals surface area contributed by atoms with E-state index < -0.39 is 6.10 Å². The van der Waals surface area contributed by atoms with Gasteiger partial charge in [0, 0.05) is 12.1 Å². The van der Waals surface area contributed by atoms with Gasteiger partial charge in [0.25, 0.3) is 5.91 Å². The van der Waals surface area contributed by atoms with E-state index in [1.165, 1.54) is 11.3 Å². The Morgan fingerprint density at radius 1 is 1.37 bits per heavy atom. The molecule has 0 aliphatic rings. The van der Waals surface area contributed by atoms with Gasteiger partial charge >= 0.3 is 0 Å². The molecular formula is C15H17NO2S. The predicted octanol–water partition coefficient (Wildman–Crippen LogP) is 2.83. The van der Waals surface area contributed by atoms with Crippen molar-refractivity contribution in [3.05, 3.63) is 57.3 Å². The molecule has 3 nitrogen and oxygen atoms in total. The average Bonchev–Trinajstić information content (AvgIpc) is 2.92. The molecule has 1 heterocycles. The van der Waals surface area contributed by atoms with Gasteiger partial charge in [-0.1, -0.05) is 17.7 Å². The lowest BCUT2D eigenvalue weighted by Crippen LogP contribution is -2.28. The molecule has 0 saturated carbocycles. The second kappa shape index (κ2) is 5.99. The van der Waals surface area contributed by atoms with E-state index in [0.717, 1.165) is 16.7 Å². The fourth-order valence-electron chi connectivity index (χ4n) is 1.85. The van der Waals surface area contributed by atoms with Crippen LogP contribution in [-0.4, -0.2) is 17.6 Å². The summed E-state index contributed by atoms with van der Waals surface area (Å²) in [5, 5.41) is 16.5. The van der Waals surface area contributed by atoms with Gasteiger partial charge in [0.05, 0.1) is 6.10 Å². The Kier molecular flexibility index (Phi) is 4.35. The largest absolute Gasteiger partial charge is 0.387 e. The summed E-state index contributed by atoms with van der Waals surface area (Å²) in [6.45, 7) is 4.09. The van der Waals surface area contributed by atoms with E-state index in [-0.39, 0.29) is 12.5 Å². The summed E-state index contributed by atoms with van der Waals surface area (Å²) in [5.41, 5.74) is 3.49. The molecular weight excluding hydrogens is 258 g/mol. The second-order valence-corrected chi connectivity index (χ2v) is 5.38. The molecule has 0 saturated heterocycles. The van der Waals surface area contributed by atoms with Crippen LogP contribution in [0.2, 0.25) is 0 Å². The first kappa shape index (κ1) is 13.8. The van der Waals surface area contributed by atoms with Crippen molar-refractivity contribution in [3.63, 3.8) is 0 Å². The third-order valence-corrected chi connectivity index (χ3v) is 3.72. The highest BCUT2D eigenvalue weighted by molar-refractivity contribution is 7.07. The quantitative estimate of drug-likeness (QED) is 0.901. The Labute approximate surface area is 116 Å². The van der Waals surface area contributed by atoms with Crippen LogP contribution in [0.3, 0.4) is 0 Å². The normalized spacial score (nSPS) is 12.2. The van der Waals surface area contributed by atoms with E-state index in [0.29, 0.717) is 5.56 Å². The Balaban J connectivity index is 2.00. The van der Waals surface area contributed by atoms with Gasteiger partial charge in [-0.2, -0.15) is 11.3 Å². The Morgan fingerprint density at radius 2 is 2.16 bits per heavy atom. The summed E-state index contributed by atoms with van der Waals surface area (Å²) in [5.74, 6) is -0.143. The Bertz CT molecular complexity index is 564. The number of carbonyl (C=O) groups is 1. The molecule has 0 aliphatic heterocycles. The molecule has 2 rings (SSSR count). The maximum absolute atomic E-state index is 12.1. The molecule has 19 heavy (non-hydrogen) atoms. The first-order valence-corrected chi connectivity index (χ1v) is 7.08. The van der Waals surface area contributed by atoms with Crippen molar-refractivity contribution in [2.45, 2.75) is 20.0 Å². The van der Waals surface area contributed by atoms with Gasteiger partial charge in [-0.05, 0) is 47.9 Å². The summed E-state index contributed by atoms with van der Waals surface area (Å²) in [7, 11) is 0. The number of aliphatic hydroxyl groups is 1. The van der Waals surface area contributed by atoms with Crippen LogP contribution in [0.15, 0.2) is 35.0 Å². The van der Waals surface area contributed by atoms with Crippen molar-refractivity contribution in [2.24, 2.45) is 0 Å². The molecule has 0 unspecified atom stereocenters. The minimum atomic E-state index is -0.652. The van der Waals surface area contributed by atoms with Gasteiger partial charge in [-0.25, -0.2) is 0 Å². The van der Waals surface area contributed by atoms with Gasteiger partial charge in [0.15, 0.2) is 0 Å². The van der Waals surface area contributed by atoms with Crippen LogP contribution in [0.25, 0.3) is 0 Å². The lowest BCUT2D eigenvalue weighted by atomic mass is 10.0. The van der Waals surface area contributed by atoms with Crippen LogP contribution >= 0.6 is 11.3 Å². The van der Waals surface area contributed by atoms with Gasteiger partial charge in [-0.15, -0.1) is 0 Å². The predicted molar refractivity (Wildman–Crippen MR) is 77.5 cm³/mol. The number of amides is 1. The maximum Gasteiger partial charge on any atom is 0.251 e. The van der Waals surface area contributed by atoms with Gasteiger partial charge in [-0.3, -0.25) is 4.79 Å². The number of nitrogens with one attached hydrogen (secondary N) is 1. The summed E-state index contributed by atoms with van der Waals surface area (Å²) in [4.78, 5) is 12.1. The van der Waals surface area contributed by atoms with Crippen LogP contribution < -0.4 is 5.32 Å². The molecule has 4 heteroatoms. The highest BCUT2D eigenvalue weighted by Gasteiger charge is 2.12. The van der Waals surface area contributed by atoms with Gasteiger partial charge in [0.2, 0.25) is 0 Å². The molecule has 1 aromatic heterocycles. The minimum Gasteiger partial charge on any atom is -0.387 e. The fraction of sp³-hybridized carbons (Fsp3) is 0.267.